The molecule has 1 N–H and O–H groups in total. The summed E-state index contributed by atoms with van der Waals surface area (Å²) in [6.07, 6.45) is 7.70. The number of carbonyl (C=O) groups is 1. The zero-order valence-corrected chi connectivity index (χ0v) is 12.5. The average Bonchev–Trinajstić information content (AvgIpc) is 3.30. The van der Waals surface area contributed by atoms with Crippen molar-refractivity contribution in [2.45, 2.75) is 57.2 Å². The lowest BCUT2D eigenvalue weighted by Crippen LogP contribution is -2.24. The first-order valence-electron chi connectivity index (χ1n) is 8.30. The summed E-state index contributed by atoms with van der Waals surface area (Å²) < 4.78 is 15.9. The van der Waals surface area contributed by atoms with Gasteiger partial charge >= 0.3 is 6.16 Å². The third-order valence-electron chi connectivity index (χ3n) is 5.21. The summed E-state index contributed by atoms with van der Waals surface area (Å²) >= 11 is 0. The van der Waals surface area contributed by atoms with Gasteiger partial charge in [-0.3, -0.25) is 0 Å². The number of rotatable bonds is 5. The lowest BCUT2D eigenvalue weighted by Gasteiger charge is -2.26. The molecule has 5 nitrogen and oxygen atoms in total. The minimum atomic E-state index is -0.530. The fraction of sp³-hybridized carbons (Fsp3) is 0.938. The van der Waals surface area contributed by atoms with Crippen LogP contribution in [0.4, 0.5) is 4.79 Å². The SMILES string of the molecule is O=C(OCC1CCC(CO)CC1)OCC1CCC2OC2C1. The van der Waals surface area contributed by atoms with Gasteiger partial charge in [0.2, 0.25) is 0 Å². The largest absolute Gasteiger partial charge is 0.508 e. The highest BCUT2D eigenvalue weighted by Gasteiger charge is 2.44. The maximum Gasteiger partial charge on any atom is 0.508 e. The molecule has 0 spiro atoms. The molecule has 120 valence electrons. The molecule has 2 aliphatic carbocycles. The van der Waals surface area contributed by atoms with E-state index < -0.39 is 6.16 Å². The van der Waals surface area contributed by atoms with Crippen molar-refractivity contribution >= 4 is 6.16 Å². The molecule has 2 saturated carbocycles. The van der Waals surface area contributed by atoms with Crippen LogP contribution in [0.3, 0.4) is 0 Å². The molecule has 0 bridgehead atoms. The zero-order chi connectivity index (χ0) is 14.7. The van der Waals surface area contributed by atoms with Crippen LogP contribution in [-0.4, -0.2) is 43.3 Å². The maximum atomic E-state index is 11.6. The normalized spacial score (nSPS) is 38.4. The van der Waals surface area contributed by atoms with Crippen molar-refractivity contribution in [3.05, 3.63) is 0 Å². The van der Waals surface area contributed by atoms with E-state index >= 15 is 0 Å². The Morgan fingerprint density at radius 3 is 2.19 bits per heavy atom. The van der Waals surface area contributed by atoms with E-state index in [1.165, 1.54) is 0 Å². The van der Waals surface area contributed by atoms with Gasteiger partial charge in [0.05, 0.1) is 25.4 Å². The smallest absolute Gasteiger partial charge is 0.434 e. The van der Waals surface area contributed by atoms with Gasteiger partial charge in [-0.05, 0) is 62.7 Å². The summed E-state index contributed by atoms with van der Waals surface area (Å²) in [7, 11) is 0. The van der Waals surface area contributed by atoms with E-state index in [0.29, 0.717) is 43.2 Å². The van der Waals surface area contributed by atoms with E-state index in [0.717, 1.165) is 44.9 Å². The Morgan fingerprint density at radius 2 is 1.52 bits per heavy atom. The molecular weight excluding hydrogens is 272 g/mol. The van der Waals surface area contributed by atoms with Gasteiger partial charge in [0.25, 0.3) is 0 Å². The number of hydrogen-bond acceptors (Lipinski definition) is 5. The number of carbonyl (C=O) groups excluding carboxylic acids is 1. The lowest BCUT2D eigenvalue weighted by atomic mass is 9.83. The second-order valence-corrected chi connectivity index (χ2v) is 6.83. The maximum absolute atomic E-state index is 11.6. The highest BCUT2D eigenvalue weighted by Crippen LogP contribution is 2.39. The monoisotopic (exact) mass is 298 g/mol. The number of ether oxygens (including phenoxy) is 3. The second kappa shape index (κ2) is 6.97. The van der Waals surface area contributed by atoms with Gasteiger partial charge in [0, 0.05) is 6.61 Å². The summed E-state index contributed by atoms with van der Waals surface area (Å²) in [5.41, 5.74) is 0. The molecule has 3 fully saturated rings. The Labute approximate surface area is 125 Å². The second-order valence-electron chi connectivity index (χ2n) is 6.83. The number of aliphatic hydroxyl groups is 1. The minimum Gasteiger partial charge on any atom is -0.434 e. The number of hydrogen-bond donors (Lipinski definition) is 1. The summed E-state index contributed by atoms with van der Waals surface area (Å²) in [6, 6.07) is 0. The molecule has 0 aromatic carbocycles. The lowest BCUT2D eigenvalue weighted by molar-refractivity contribution is 0.0243. The first-order valence-corrected chi connectivity index (χ1v) is 8.30. The predicted molar refractivity (Wildman–Crippen MR) is 75.8 cm³/mol. The van der Waals surface area contributed by atoms with Crippen molar-refractivity contribution in [3.63, 3.8) is 0 Å². The molecule has 21 heavy (non-hydrogen) atoms. The van der Waals surface area contributed by atoms with Crippen LogP contribution in [0.15, 0.2) is 0 Å². The van der Waals surface area contributed by atoms with Crippen LogP contribution in [0.25, 0.3) is 0 Å². The van der Waals surface area contributed by atoms with Gasteiger partial charge in [-0.1, -0.05) is 0 Å². The van der Waals surface area contributed by atoms with Crippen LogP contribution in [-0.2, 0) is 14.2 Å². The van der Waals surface area contributed by atoms with E-state index in [2.05, 4.69) is 0 Å². The molecule has 0 amide bonds. The standard InChI is InChI=1S/C16H26O5/c17-8-11-1-3-12(4-2-11)9-19-16(18)20-10-13-5-6-14-15(7-13)21-14/h11-15,17H,1-10H2. The molecule has 3 unspecified atom stereocenters. The molecule has 1 heterocycles. The van der Waals surface area contributed by atoms with Crippen molar-refractivity contribution in [2.24, 2.45) is 17.8 Å². The Kier molecular flexibility index (Phi) is 5.01. The molecule has 3 rings (SSSR count). The highest BCUT2D eigenvalue weighted by molar-refractivity contribution is 5.59. The highest BCUT2D eigenvalue weighted by atomic mass is 16.7. The average molecular weight is 298 g/mol. The van der Waals surface area contributed by atoms with E-state index in [1.54, 1.807) is 0 Å². The van der Waals surface area contributed by atoms with Gasteiger partial charge in [0.15, 0.2) is 0 Å². The van der Waals surface area contributed by atoms with Gasteiger partial charge in [-0.15, -0.1) is 0 Å². The minimum absolute atomic E-state index is 0.280. The Bertz CT molecular complexity index is 351. The molecule has 1 saturated heterocycles. The van der Waals surface area contributed by atoms with Crippen LogP contribution >= 0.6 is 0 Å². The van der Waals surface area contributed by atoms with E-state index in [-0.39, 0.29) is 6.61 Å². The topological polar surface area (TPSA) is 68.3 Å². The quantitative estimate of drug-likeness (QED) is 0.624. The summed E-state index contributed by atoms with van der Waals surface area (Å²) in [6.45, 7) is 1.20. The fourth-order valence-electron chi connectivity index (χ4n) is 3.63. The first kappa shape index (κ1) is 15.1. The number of aliphatic hydroxyl groups excluding tert-OH is 1. The van der Waals surface area contributed by atoms with Gasteiger partial charge < -0.3 is 19.3 Å². The molecule has 0 radical (unpaired) electrons. The van der Waals surface area contributed by atoms with Crippen molar-refractivity contribution in [1.29, 1.82) is 0 Å². The van der Waals surface area contributed by atoms with Crippen molar-refractivity contribution < 1.29 is 24.1 Å². The molecule has 3 aliphatic rings. The molecular formula is C16H26O5. The van der Waals surface area contributed by atoms with E-state index in [9.17, 15) is 4.79 Å². The predicted octanol–water partition coefficient (Wildman–Crippen LogP) is 2.51. The van der Waals surface area contributed by atoms with E-state index in [4.69, 9.17) is 19.3 Å². The summed E-state index contributed by atoms with van der Waals surface area (Å²) in [5, 5.41) is 9.10. The third-order valence-corrected chi connectivity index (χ3v) is 5.21. The fourth-order valence-corrected chi connectivity index (χ4v) is 3.63. The van der Waals surface area contributed by atoms with Gasteiger partial charge in [-0.2, -0.15) is 0 Å². The van der Waals surface area contributed by atoms with Crippen LogP contribution in [0.5, 0.6) is 0 Å². The first-order chi connectivity index (χ1) is 10.2. The Hall–Kier alpha value is -0.810. The summed E-state index contributed by atoms with van der Waals surface area (Å²) in [4.78, 5) is 11.6. The van der Waals surface area contributed by atoms with Crippen LogP contribution < -0.4 is 0 Å². The van der Waals surface area contributed by atoms with Crippen molar-refractivity contribution in [1.82, 2.24) is 0 Å². The van der Waals surface area contributed by atoms with Crippen LogP contribution in [0.1, 0.15) is 44.9 Å². The number of fused-ring (bicyclic) bond motifs is 1. The molecule has 5 heteroatoms. The number of epoxide rings is 1. The zero-order valence-electron chi connectivity index (χ0n) is 12.5. The molecule has 0 aromatic heterocycles. The Morgan fingerprint density at radius 1 is 0.905 bits per heavy atom. The molecule has 0 aromatic rings. The summed E-state index contributed by atoms with van der Waals surface area (Å²) in [5.74, 6) is 1.30. The molecule has 1 aliphatic heterocycles. The Balaban J connectivity index is 1.26. The van der Waals surface area contributed by atoms with Gasteiger partial charge in [0.1, 0.15) is 0 Å². The van der Waals surface area contributed by atoms with Gasteiger partial charge in [-0.25, -0.2) is 4.79 Å². The van der Waals surface area contributed by atoms with E-state index in [1.807, 2.05) is 0 Å². The van der Waals surface area contributed by atoms with Crippen LogP contribution in [0.2, 0.25) is 0 Å². The van der Waals surface area contributed by atoms with Crippen molar-refractivity contribution in [3.8, 4) is 0 Å². The van der Waals surface area contributed by atoms with Crippen LogP contribution in [0, 0.1) is 17.8 Å². The third kappa shape index (κ3) is 4.33. The van der Waals surface area contributed by atoms with Crippen molar-refractivity contribution in [2.75, 3.05) is 19.8 Å². The molecule has 3 atom stereocenters.